The number of nitrogens with one attached hydrogen (secondary N) is 3. The number of hydrogen-bond donors (Lipinski definition) is 4. The molecule has 0 fully saturated rings. The summed E-state index contributed by atoms with van der Waals surface area (Å²) in [5.74, 6) is -0.211. The molecule has 0 bridgehead atoms. The lowest BCUT2D eigenvalue weighted by Gasteiger charge is -2.10. The van der Waals surface area contributed by atoms with Crippen LogP contribution in [0.5, 0.6) is 0 Å². The van der Waals surface area contributed by atoms with Gasteiger partial charge in [-0.15, -0.1) is 11.3 Å². The van der Waals surface area contributed by atoms with Gasteiger partial charge in [-0.3, -0.25) is 9.59 Å². The second-order valence-corrected chi connectivity index (χ2v) is 7.08. The molecule has 2 rings (SSSR count). The van der Waals surface area contributed by atoms with Crippen LogP contribution in [-0.4, -0.2) is 35.8 Å². The minimum Gasteiger partial charge on any atom is -0.368 e. The Balaban J connectivity index is 1.92. The number of aryl methyl sites for hydroxylation is 1. The fraction of sp³-hybridized carbons (Fsp3) is 0.333. The van der Waals surface area contributed by atoms with E-state index in [1.807, 2.05) is 32.2 Å². The standard InChI is InChI=1S/C18H24N6O2S/c1-3-20-18(24-11-16-21-8-12(2)27-16)23-9-13-4-6-14(7-5-13)17(26)22-10-15(19)25/h4-8H,3,9-11H2,1-2H3,(H2,19,25)(H,22,26)(H2,20,23,24). The zero-order valence-corrected chi connectivity index (χ0v) is 16.2. The number of carbonyl (C=O) groups excluding carboxylic acids is 2. The molecule has 0 spiro atoms. The number of carbonyl (C=O) groups is 2. The first-order valence-corrected chi connectivity index (χ1v) is 9.38. The molecule has 0 aliphatic carbocycles. The maximum atomic E-state index is 11.9. The summed E-state index contributed by atoms with van der Waals surface area (Å²) >= 11 is 1.65. The molecule has 0 aliphatic rings. The third-order valence-electron chi connectivity index (χ3n) is 3.48. The lowest BCUT2D eigenvalue weighted by Crippen LogP contribution is -2.36. The Morgan fingerprint density at radius 3 is 2.52 bits per heavy atom. The molecule has 1 aromatic carbocycles. The van der Waals surface area contributed by atoms with Crippen molar-refractivity contribution in [2.24, 2.45) is 10.7 Å². The monoisotopic (exact) mass is 388 g/mol. The van der Waals surface area contributed by atoms with Crippen molar-refractivity contribution in [3.8, 4) is 0 Å². The summed E-state index contributed by atoms with van der Waals surface area (Å²) < 4.78 is 0. The van der Waals surface area contributed by atoms with E-state index in [4.69, 9.17) is 5.73 Å². The molecule has 1 heterocycles. The van der Waals surface area contributed by atoms with Crippen LogP contribution in [0.1, 0.15) is 32.7 Å². The summed E-state index contributed by atoms with van der Waals surface area (Å²) in [5, 5.41) is 9.91. The fourth-order valence-corrected chi connectivity index (χ4v) is 2.91. The van der Waals surface area contributed by atoms with Crippen molar-refractivity contribution >= 4 is 29.1 Å². The summed E-state index contributed by atoms with van der Waals surface area (Å²) in [6.07, 6.45) is 1.85. The van der Waals surface area contributed by atoms with Gasteiger partial charge in [0.15, 0.2) is 5.96 Å². The smallest absolute Gasteiger partial charge is 0.251 e. The van der Waals surface area contributed by atoms with Gasteiger partial charge in [0.2, 0.25) is 5.91 Å². The van der Waals surface area contributed by atoms with Crippen LogP contribution in [0.15, 0.2) is 35.5 Å². The van der Waals surface area contributed by atoms with Gasteiger partial charge in [-0.05, 0) is 31.5 Å². The van der Waals surface area contributed by atoms with E-state index in [2.05, 4.69) is 25.9 Å². The van der Waals surface area contributed by atoms with Gasteiger partial charge >= 0.3 is 0 Å². The van der Waals surface area contributed by atoms with Crippen LogP contribution < -0.4 is 21.7 Å². The van der Waals surface area contributed by atoms with E-state index in [1.165, 1.54) is 4.88 Å². The van der Waals surface area contributed by atoms with Crippen LogP contribution in [0.25, 0.3) is 0 Å². The van der Waals surface area contributed by atoms with Gasteiger partial charge < -0.3 is 21.7 Å². The first-order valence-electron chi connectivity index (χ1n) is 8.57. The molecule has 0 aliphatic heterocycles. The fourth-order valence-electron chi connectivity index (χ4n) is 2.19. The van der Waals surface area contributed by atoms with Crippen molar-refractivity contribution in [3.05, 3.63) is 51.5 Å². The minimum atomic E-state index is -0.578. The van der Waals surface area contributed by atoms with Crippen LogP contribution in [0, 0.1) is 6.92 Å². The van der Waals surface area contributed by atoms with Crippen molar-refractivity contribution in [1.82, 2.24) is 20.9 Å². The second-order valence-electron chi connectivity index (χ2n) is 5.76. The van der Waals surface area contributed by atoms with Gasteiger partial charge in [-0.25, -0.2) is 9.98 Å². The van der Waals surface area contributed by atoms with E-state index in [-0.39, 0.29) is 12.5 Å². The predicted octanol–water partition coefficient (Wildman–Crippen LogP) is 0.922. The van der Waals surface area contributed by atoms with E-state index in [1.54, 1.807) is 23.5 Å². The summed E-state index contributed by atoms with van der Waals surface area (Å²) in [7, 11) is 0. The molecule has 2 aromatic rings. The molecule has 8 nitrogen and oxygen atoms in total. The van der Waals surface area contributed by atoms with Crippen LogP contribution in [0.2, 0.25) is 0 Å². The number of amides is 2. The van der Waals surface area contributed by atoms with Crippen LogP contribution >= 0.6 is 11.3 Å². The number of benzene rings is 1. The Morgan fingerprint density at radius 2 is 1.93 bits per heavy atom. The number of primary amides is 1. The summed E-state index contributed by atoms with van der Waals surface area (Å²) in [5.41, 5.74) is 6.44. The number of guanidine groups is 1. The normalized spacial score (nSPS) is 11.1. The highest BCUT2D eigenvalue weighted by Gasteiger charge is 2.06. The van der Waals surface area contributed by atoms with Gasteiger partial charge in [0, 0.05) is 23.2 Å². The Labute approximate surface area is 162 Å². The molecular weight excluding hydrogens is 364 g/mol. The maximum absolute atomic E-state index is 11.9. The van der Waals surface area contributed by atoms with Crippen molar-refractivity contribution in [3.63, 3.8) is 0 Å². The van der Waals surface area contributed by atoms with E-state index in [0.29, 0.717) is 24.6 Å². The summed E-state index contributed by atoms with van der Waals surface area (Å²) in [6, 6.07) is 7.05. The largest absolute Gasteiger partial charge is 0.368 e. The topological polar surface area (TPSA) is 122 Å². The molecule has 27 heavy (non-hydrogen) atoms. The lowest BCUT2D eigenvalue weighted by molar-refractivity contribution is -0.117. The Hall–Kier alpha value is -2.94. The van der Waals surface area contributed by atoms with Gasteiger partial charge in [0.05, 0.1) is 19.6 Å². The SMILES string of the molecule is CCNC(=NCc1ccc(C(=O)NCC(N)=O)cc1)NCc1ncc(C)s1. The van der Waals surface area contributed by atoms with Gasteiger partial charge in [0.25, 0.3) is 5.91 Å². The zero-order valence-electron chi connectivity index (χ0n) is 15.4. The number of nitrogens with zero attached hydrogens (tertiary/aromatic N) is 2. The van der Waals surface area contributed by atoms with Crippen LogP contribution in [0.4, 0.5) is 0 Å². The Kier molecular flexibility index (Phi) is 7.75. The number of nitrogens with two attached hydrogens (primary N) is 1. The Bertz CT molecular complexity index is 800. The molecule has 0 unspecified atom stereocenters. The number of rotatable bonds is 8. The first-order chi connectivity index (χ1) is 13.0. The summed E-state index contributed by atoms with van der Waals surface area (Å²) in [4.78, 5) is 32.6. The third-order valence-corrected chi connectivity index (χ3v) is 4.39. The van der Waals surface area contributed by atoms with Gasteiger partial charge in [-0.2, -0.15) is 0 Å². The van der Waals surface area contributed by atoms with Crippen molar-refractivity contribution in [2.75, 3.05) is 13.1 Å². The molecule has 0 saturated carbocycles. The van der Waals surface area contributed by atoms with E-state index in [9.17, 15) is 9.59 Å². The molecule has 5 N–H and O–H groups in total. The van der Waals surface area contributed by atoms with E-state index < -0.39 is 5.91 Å². The molecule has 1 aromatic heterocycles. The highest BCUT2D eigenvalue weighted by atomic mass is 32.1. The molecule has 0 radical (unpaired) electrons. The quantitative estimate of drug-likeness (QED) is 0.396. The lowest BCUT2D eigenvalue weighted by atomic mass is 10.1. The summed E-state index contributed by atoms with van der Waals surface area (Å²) in [6.45, 7) is 5.68. The number of thiazole rings is 1. The zero-order chi connectivity index (χ0) is 19.6. The van der Waals surface area contributed by atoms with Gasteiger partial charge in [-0.1, -0.05) is 12.1 Å². The van der Waals surface area contributed by atoms with Crippen molar-refractivity contribution < 1.29 is 9.59 Å². The predicted molar refractivity (Wildman–Crippen MR) is 106 cm³/mol. The minimum absolute atomic E-state index is 0.179. The van der Waals surface area contributed by atoms with Crippen molar-refractivity contribution in [1.29, 1.82) is 0 Å². The molecular formula is C18H24N6O2S. The highest BCUT2D eigenvalue weighted by molar-refractivity contribution is 7.11. The average Bonchev–Trinajstić information content (AvgIpc) is 3.07. The molecule has 0 saturated heterocycles. The third kappa shape index (κ3) is 7.06. The second kappa shape index (κ2) is 10.3. The number of aliphatic imine (C=N–C) groups is 1. The highest BCUT2D eigenvalue weighted by Crippen LogP contribution is 2.10. The van der Waals surface area contributed by atoms with E-state index >= 15 is 0 Å². The van der Waals surface area contributed by atoms with E-state index in [0.717, 1.165) is 17.1 Å². The molecule has 2 amide bonds. The molecule has 0 atom stereocenters. The number of hydrogen-bond acceptors (Lipinski definition) is 5. The molecule has 9 heteroatoms. The van der Waals surface area contributed by atoms with Crippen LogP contribution in [0.3, 0.4) is 0 Å². The first kappa shape index (κ1) is 20.4. The van der Waals surface area contributed by atoms with Crippen molar-refractivity contribution in [2.45, 2.75) is 26.9 Å². The molecule has 144 valence electrons. The number of aromatic nitrogens is 1. The maximum Gasteiger partial charge on any atom is 0.251 e. The Morgan fingerprint density at radius 1 is 1.19 bits per heavy atom. The van der Waals surface area contributed by atoms with Gasteiger partial charge in [0.1, 0.15) is 5.01 Å². The van der Waals surface area contributed by atoms with Crippen LogP contribution in [-0.2, 0) is 17.9 Å². The average molecular weight is 388 g/mol.